The summed E-state index contributed by atoms with van der Waals surface area (Å²) in [4.78, 5) is 21.1. The van der Waals surface area contributed by atoms with Crippen LogP contribution in [-0.2, 0) is 17.8 Å². The summed E-state index contributed by atoms with van der Waals surface area (Å²) in [5.41, 5.74) is 2.68. The van der Waals surface area contributed by atoms with Crippen LogP contribution in [0.15, 0.2) is 29.3 Å². The number of rotatable bonds is 7. The lowest BCUT2D eigenvalue weighted by Crippen LogP contribution is -2.49. The Hall–Kier alpha value is -1.55. The van der Waals surface area contributed by atoms with Crippen LogP contribution in [0, 0.1) is 0 Å². The number of likely N-dealkylation sites (tertiary alicyclic amines) is 2. The van der Waals surface area contributed by atoms with Gasteiger partial charge in [-0.1, -0.05) is 30.7 Å². The standard InChI is InChI=1S/C24H39N5O2.HI/c1-3-25-23(27-22-12-16-29(17-13-22)24(30)31-4-2)26-18-20-10-6-7-11-21(20)19-28-14-8-5-9-15-28;/h6-7,10-11,22H,3-5,8-9,12-19H2,1-2H3,(H2,25,26,27);1H. The molecule has 180 valence electrons. The van der Waals surface area contributed by atoms with Crippen LogP contribution in [0.1, 0.15) is 57.1 Å². The van der Waals surface area contributed by atoms with Gasteiger partial charge in [0.1, 0.15) is 0 Å². The van der Waals surface area contributed by atoms with Gasteiger partial charge in [0.25, 0.3) is 0 Å². The normalized spacial score (nSPS) is 18.1. The Labute approximate surface area is 210 Å². The van der Waals surface area contributed by atoms with E-state index in [4.69, 9.17) is 9.73 Å². The molecule has 1 aromatic carbocycles. The van der Waals surface area contributed by atoms with E-state index < -0.39 is 0 Å². The summed E-state index contributed by atoms with van der Waals surface area (Å²) in [6.45, 7) is 10.7. The number of hydrogen-bond acceptors (Lipinski definition) is 4. The minimum absolute atomic E-state index is 0. The van der Waals surface area contributed by atoms with Crippen molar-refractivity contribution in [3.63, 3.8) is 0 Å². The molecule has 3 rings (SSSR count). The van der Waals surface area contributed by atoms with Gasteiger partial charge in [-0.3, -0.25) is 4.90 Å². The molecule has 0 aliphatic carbocycles. The predicted octanol–water partition coefficient (Wildman–Crippen LogP) is 3.97. The van der Waals surface area contributed by atoms with Crippen molar-refractivity contribution in [3.8, 4) is 0 Å². The number of aliphatic imine (C=N–C) groups is 1. The number of guanidine groups is 1. The number of piperidine rings is 2. The van der Waals surface area contributed by atoms with Crippen molar-refractivity contribution in [2.24, 2.45) is 4.99 Å². The molecule has 1 aromatic rings. The Bertz CT molecular complexity index is 716. The third-order valence-corrected chi connectivity index (χ3v) is 6.07. The molecule has 0 unspecified atom stereocenters. The van der Waals surface area contributed by atoms with Gasteiger partial charge in [-0.2, -0.15) is 0 Å². The molecule has 0 atom stereocenters. The van der Waals surface area contributed by atoms with Crippen LogP contribution in [-0.4, -0.2) is 67.2 Å². The summed E-state index contributed by atoms with van der Waals surface area (Å²) < 4.78 is 5.12. The Morgan fingerprint density at radius 1 is 1.06 bits per heavy atom. The zero-order valence-corrected chi connectivity index (χ0v) is 22.0. The van der Waals surface area contributed by atoms with Crippen molar-refractivity contribution in [1.29, 1.82) is 0 Å². The molecular weight excluding hydrogens is 517 g/mol. The van der Waals surface area contributed by atoms with Crippen molar-refractivity contribution < 1.29 is 9.53 Å². The number of halogens is 1. The van der Waals surface area contributed by atoms with Crippen molar-refractivity contribution in [3.05, 3.63) is 35.4 Å². The first-order valence-corrected chi connectivity index (χ1v) is 11.9. The average molecular weight is 558 g/mol. The van der Waals surface area contributed by atoms with E-state index >= 15 is 0 Å². The number of nitrogens with zero attached hydrogens (tertiary/aromatic N) is 3. The van der Waals surface area contributed by atoms with E-state index in [1.165, 1.54) is 43.5 Å². The molecule has 0 aromatic heterocycles. The maximum Gasteiger partial charge on any atom is 0.409 e. The summed E-state index contributed by atoms with van der Waals surface area (Å²) >= 11 is 0. The number of hydrogen-bond donors (Lipinski definition) is 2. The molecule has 2 heterocycles. The molecule has 0 spiro atoms. The number of ether oxygens (including phenoxy) is 1. The SMILES string of the molecule is CCNC(=NCc1ccccc1CN1CCCCC1)NC1CCN(C(=O)OCC)CC1.I. The monoisotopic (exact) mass is 557 g/mol. The van der Waals surface area contributed by atoms with Crippen LogP contribution in [0.4, 0.5) is 4.79 Å². The van der Waals surface area contributed by atoms with Gasteiger partial charge in [-0.05, 0) is 63.7 Å². The van der Waals surface area contributed by atoms with Crippen molar-refractivity contribution in [2.45, 2.75) is 65.1 Å². The van der Waals surface area contributed by atoms with Gasteiger partial charge in [0, 0.05) is 32.2 Å². The van der Waals surface area contributed by atoms with Crippen molar-refractivity contribution in [2.75, 3.05) is 39.3 Å². The molecule has 0 saturated carbocycles. The Balaban J connectivity index is 0.00000363. The average Bonchev–Trinajstić information content (AvgIpc) is 2.80. The van der Waals surface area contributed by atoms with Crippen LogP contribution in [0.25, 0.3) is 0 Å². The second-order valence-corrected chi connectivity index (χ2v) is 8.41. The molecule has 2 aliphatic rings. The molecular formula is C24H40IN5O2. The third kappa shape index (κ3) is 8.42. The lowest BCUT2D eigenvalue weighted by Gasteiger charge is -2.32. The summed E-state index contributed by atoms with van der Waals surface area (Å²) in [5.74, 6) is 0.852. The van der Waals surface area contributed by atoms with E-state index in [9.17, 15) is 4.79 Å². The second kappa shape index (κ2) is 14.6. The highest BCUT2D eigenvalue weighted by Crippen LogP contribution is 2.17. The number of carbonyl (C=O) groups excluding carboxylic acids is 1. The maximum atomic E-state index is 11.9. The highest BCUT2D eigenvalue weighted by Gasteiger charge is 2.24. The van der Waals surface area contributed by atoms with Crippen LogP contribution in [0.2, 0.25) is 0 Å². The topological polar surface area (TPSA) is 69.2 Å². The first-order valence-electron chi connectivity index (χ1n) is 11.9. The highest BCUT2D eigenvalue weighted by molar-refractivity contribution is 14.0. The summed E-state index contributed by atoms with van der Waals surface area (Å²) in [7, 11) is 0. The van der Waals surface area contributed by atoms with Gasteiger partial charge in [0.05, 0.1) is 13.2 Å². The van der Waals surface area contributed by atoms with E-state index in [0.717, 1.165) is 31.9 Å². The second-order valence-electron chi connectivity index (χ2n) is 8.41. The largest absolute Gasteiger partial charge is 0.450 e. The fraction of sp³-hybridized carbons (Fsp3) is 0.667. The van der Waals surface area contributed by atoms with Gasteiger partial charge >= 0.3 is 6.09 Å². The van der Waals surface area contributed by atoms with Gasteiger partial charge in [0.2, 0.25) is 0 Å². The lowest BCUT2D eigenvalue weighted by molar-refractivity contribution is 0.0963. The quantitative estimate of drug-likeness (QED) is 0.302. The van der Waals surface area contributed by atoms with Gasteiger partial charge in [0.15, 0.2) is 5.96 Å². The Morgan fingerprint density at radius 2 is 1.75 bits per heavy atom. The van der Waals surface area contributed by atoms with E-state index in [-0.39, 0.29) is 30.1 Å². The van der Waals surface area contributed by atoms with Crippen LogP contribution in [0.5, 0.6) is 0 Å². The summed E-state index contributed by atoms with van der Waals surface area (Å²) in [5, 5.41) is 6.95. The molecule has 2 saturated heterocycles. The lowest BCUT2D eigenvalue weighted by atomic mass is 10.0. The fourth-order valence-corrected chi connectivity index (χ4v) is 4.32. The van der Waals surface area contributed by atoms with E-state index in [0.29, 0.717) is 32.3 Å². The van der Waals surface area contributed by atoms with E-state index in [1.807, 2.05) is 6.92 Å². The van der Waals surface area contributed by atoms with Gasteiger partial charge in [-0.25, -0.2) is 9.79 Å². The number of nitrogens with one attached hydrogen (secondary N) is 2. The number of carbonyl (C=O) groups is 1. The first kappa shape index (κ1) is 26.7. The van der Waals surface area contributed by atoms with Gasteiger partial charge in [-0.15, -0.1) is 24.0 Å². The molecule has 2 aliphatic heterocycles. The van der Waals surface area contributed by atoms with Crippen LogP contribution in [0.3, 0.4) is 0 Å². The molecule has 0 radical (unpaired) electrons. The molecule has 32 heavy (non-hydrogen) atoms. The third-order valence-electron chi connectivity index (χ3n) is 6.07. The molecule has 7 nitrogen and oxygen atoms in total. The zero-order valence-electron chi connectivity index (χ0n) is 19.6. The molecule has 0 bridgehead atoms. The highest BCUT2D eigenvalue weighted by atomic mass is 127. The fourth-order valence-electron chi connectivity index (χ4n) is 4.32. The molecule has 1 amide bonds. The first-order chi connectivity index (χ1) is 15.2. The zero-order chi connectivity index (χ0) is 21.9. The molecule has 2 N–H and O–H groups in total. The maximum absolute atomic E-state index is 11.9. The van der Waals surface area contributed by atoms with Crippen LogP contribution >= 0.6 is 24.0 Å². The summed E-state index contributed by atoms with van der Waals surface area (Å²) in [6, 6.07) is 8.99. The molecule has 8 heteroatoms. The number of amides is 1. The minimum atomic E-state index is -0.202. The predicted molar refractivity (Wildman–Crippen MR) is 141 cm³/mol. The minimum Gasteiger partial charge on any atom is -0.450 e. The van der Waals surface area contributed by atoms with E-state index in [1.54, 1.807) is 4.90 Å². The molecule has 2 fully saturated rings. The van der Waals surface area contributed by atoms with Crippen molar-refractivity contribution >= 4 is 36.0 Å². The number of benzene rings is 1. The van der Waals surface area contributed by atoms with E-state index in [2.05, 4.69) is 46.7 Å². The Morgan fingerprint density at radius 3 is 2.41 bits per heavy atom. The smallest absolute Gasteiger partial charge is 0.409 e. The van der Waals surface area contributed by atoms with Crippen LogP contribution < -0.4 is 10.6 Å². The van der Waals surface area contributed by atoms with Crippen molar-refractivity contribution in [1.82, 2.24) is 20.4 Å². The van der Waals surface area contributed by atoms with Gasteiger partial charge < -0.3 is 20.3 Å². The summed E-state index contributed by atoms with van der Waals surface area (Å²) in [6.07, 6.45) is 5.57. The Kier molecular flexibility index (Phi) is 12.2.